The molecule has 0 aromatic carbocycles. The van der Waals surface area contributed by atoms with E-state index in [1.807, 2.05) is 6.92 Å². The van der Waals surface area contributed by atoms with Gasteiger partial charge in [0.15, 0.2) is 0 Å². The van der Waals surface area contributed by atoms with E-state index >= 15 is 0 Å². The van der Waals surface area contributed by atoms with Crippen LogP contribution >= 0.6 is 24.2 Å². The molecule has 1 aliphatic rings. The molecule has 0 radical (unpaired) electrons. The molecule has 1 saturated heterocycles. The van der Waals surface area contributed by atoms with Crippen molar-refractivity contribution in [2.24, 2.45) is 5.73 Å². The van der Waals surface area contributed by atoms with Gasteiger partial charge in [0.1, 0.15) is 10.6 Å². The number of nitrogens with one attached hydrogen (secondary N) is 2. The number of hydrogen-bond acceptors (Lipinski definition) is 5. The third-order valence-electron chi connectivity index (χ3n) is 3.39. The minimum absolute atomic E-state index is 0. The van der Waals surface area contributed by atoms with E-state index in [1.165, 1.54) is 16.6 Å². The fourth-order valence-corrected chi connectivity index (χ4v) is 4.67. The molecule has 0 spiro atoms. The standard InChI is InChI=1S/C13H22N4O3S2.ClH/c1-10(14)2-3-15-13(18)12-8-11(9-16-12)22(19,20)17-4-6-21-7-5-17;/h8-10,16H,2-7,14H2,1H3,(H,15,18);1H. The number of aromatic amines is 1. The lowest BCUT2D eigenvalue weighted by molar-refractivity contribution is 0.0948. The molecule has 1 amide bonds. The number of sulfonamides is 1. The monoisotopic (exact) mass is 382 g/mol. The number of thioether (sulfide) groups is 1. The molecule has 1 aromatic heterocycles. The van der Waals surface area contributed by atoms with E-state index < -0.39 is 10.0 Å². The Hall–Kier alpha value is -0.740. The number of carbonyl (C=O) groups excluding carboxylic acids is 1. The Morgan fingerprint density at radius 3 is 2.74 bits per heavy atom. The zero-order valence-electron chi connectivity index (χ0n) is 12.9. The van der Waals surface area contributed by atoms with E-state index in [2.05, 4.69) is 10.3 Å². The molecule has 1 aliphatic heterocycles. The van der Waals surface area contributed by atoms with Crippen LogP contribution in [0.1, 0.15) is 23.8 Å². The fourth-order valence-electron chi connectivity index (χ4n) is 2.10. The SMILES string of the molecule is CC(N)CCNC(=O)c1cc(S(=O)(=O)N2CCSCC2)c[nH]1.Cl. The second-order valence-corrected chi connectivity index (χ2v) is 8.45. The predicted octanol–water partition coefficient (Wildman–Crippen LogP) is 0.641. The maximum Gasteiger partial charge on any atom is 0.267 e. The molecule has 7 nitrogen and oxygen atoms in total. The van der Waals surface area contributed by atoms with E-state index in [0.29, 0.717) is 26.1 Å². The van der Waals surface area contributed by atoms with Crippen LogP contribution in [0.25, 0.3) is 0 Å². The van der Waals surface area contributed by atoms with Gasteiger partial charge in [0.2, 0.25) is 10.0 Å². The van der Waals surface area contributed by atoms with Gasteiger partial charge in [-0.3, -0.25) is 4.79 Å². The van der Waals surface area contributed by atoms with Crippen molar-refractivity contribution < 1.29 is 13.2 Å². The van der Waals surface area contributed by atoms with Crippen LogP contribution in [0.2, 0.25) is 0 Å². The lowest BCUT2D eigenvalue weighted by atomic mass is 10.2. The molecule has 1 fully saturated rings. The summed E-state index contributed by atoms with van der Waals surface area (Å²) in [6, 6.07) is 1.40. The van der Waals surface area contributed by atoms with Gasteiger partial charge in [-0.1, -0.05) is 0 Å². The topological polar surface area (TPSA) is 108 Å². The van der Waals surface area contributed by atoms with Gasteiger partial charge in [-0.25, -0.2) is 8.42 Å². The normalized spacial score (nSPS) is 17.3. The summed E-state index contributed by atoms with van der Waals surface area (Å²) in [6.45, 7) is 3.34. The molecule has 2 rings (SSSR count). The molecule has 1 unspecified atom stereocenters. The Kier molecular flexibility index (Phi) is 7.88. The van der Waals surface area contributed by atoms with E-state index in [-0.39, 0.29) is 34.9 Å². The van der Waals surface area contributed by atoms with E-state index in [9.17, 15) is 13.2 Å². The summed E-state index contributed by atoms with van der Waals surface area (Å²) in [5.74, 6) is 1.28. The van der Waals surface area contributed by atoms with Crippen LogP contribution in [0.5, 0.6) is 0 Å². The molecule has 1 aromatic rings. The lowest BCUT2D eigenvalue weighted by Crippen LogP contribution is -2.37. The van der Waals surface area contributed by atoms with Gasteiger partial charge in [0.05, 0.1) is 0 Å². The van der Waals surface area contributed by atoms with E-state index in [0.717, 1.165) is 11.5 Å². The van der Waals surface area contributed by atoms with Crippen LogP contribution in [0, 0.1) is 0 Å². The summed E-state index contributed by atoms with van der Waals surface area (Å²) in [4.78, 5) is 14.8. The first-order valence-corrected chi connectivity index (χ1v) is 9.81. The lowest BCUT2D eigenvalue weighted by Gasteiger charge is -2.24. The second kappa shape index (κ2) is 8.93. The van der Waals surface area contributed by atoms with Crippen molar-refractivity contribution in [2.45, 2.75) is 24.3 Å². The van der Waals surface area contributed by atoms with Crippen LogP contribution < -0.4 is 11.1 Å². The van der Waals surface area contributed by atoms with E-state index in [1.54, 1.807) is 11.8 Å². The minimum atomic E-state index is -3.52. The number of rotatable bonds is 6. The molecule has 0 bridgehead atoms. The van der Waals surface area contributed by atoms with Crippen LogP contribution in [0.15, 0.2) is 17.2 Å². The molecular formula is C13H23ClN4O3S2. The number of halogens is 1. The molecule has 4 N–H and O–H groups in total. The van der Waals surface area contributed by atoms with Crippen molar-refractivity contribution in [3.05, 3.63) is 18.0 Å². The molecule has 0 saturated carbocycles. The van der Waals surface area contributed by atoms with Gasteiger partial charge in [0.25, 0.3) is 5.91 Å². The number of H-pyrrole nitrogens is 1. The Bertz CT molecular complexity index is 612. The van der Waals surface area contributed by atoms with Crippen molar-refractivity contribution in [2.75, 3.05) is 31.1 Å². The average molecular weight is 383 g/mol. The van der Waals surface area contributed by atoms with Gasteiger partial charge >= 0.3 is 0 Å². The summed E-state index contributed by atoms with van der Waals surface area (Å²) >= 11 is 1.74. The predicted molar refractivity (Wildman–Crippen MR) is 94.7 cm³/mol. The highest BCUT2D eigenvalue weighted by Crippen LogP contribution is 2.20. The molecule has 10 heteroatoms. The summed E-state index contributed by atoms with van der Waals surface area (Å²) in [5, 5.41) is 2.71. The first kappa shape index (κ1) is 20.3. The van der Waals surface area contributed by atoms with E-state index in [4.69, 9.17) is 5.73 Å². The zero-order valence-corrected chi connectivity index (χ0v) is 15.4. The zero-order chi connectivity index (χ0) is 16.2. The smallest absolute Gasteiger partial charge is 0.267 e. The minimum Gasteiger partial charge on any atom is -0.356 e. The number of nitrogens with two attached hydrogens (primary N) is 1. The average Bonchev–Trinajstić information content (AvgIpc) is 2.98. The van der Waals surface area contributed by atoms with Crippen LogP contribution in [-0.2, 0) is 10.0 Å². The number of nitrogens with zero attached hydrogens (tertiary/aromatic N) is 1. The largest absolute Gasteiger partial charge is 0.356 e. The quantitative estimate of drug-likeness (QED) is 0.669. The Morgan fingerprint density at radius 2 is 2.13 bits per heavy atom. The highest BCUT2D eigenvalue weighted by molar-refractivity contribution is 7.99. The third-order valence-corrected chi connectivity index (χ3v) is 6.21. The maximum absolute atomic E-state index is 12.5. The molecule has 2 heterocycles. The Balaban J connectivity index is 0.00000264. The summed E-state index contributed by atoms with van der Waals surface area (Å²) in [7, 11) is -3.52. The van der Waals surface area contributed by atoms with Gasteiger partial charge in [-0.05, 0) is 19.4 Å². The van der Waals surface area contributed by atoms with Crippen LogP contribution in [-0.4, -0.2) is 60.8 Å². The summed E-state index contributed by atoms with van der Waals surface area (Å²) in [6.07, 6.45) is 2.04. The van der Waals surface area contributed by atoms with Crippen molar-refractivity contribution in [1.82, 2.24) is 14.6 Å². The van der Waals surface area contributed by atoms with Gasteiger partial charge < -0.3 is 16.0 Å². The van der Waals surface area contributed by atoms with Gasteiger partial charge in [-0.2, -0.15) is 16.1 Å². The first-order valence-electron chi connectivity index (χ1n) is 7.21. The van der Waals surface area contributed by atoms with Crippen molar-refractivity contribution >= 4 is 40.1 Å². The van der Waals surface area contributed by atoms with Crippen LogP contribution in [0.3, 0.4) is 0 Å². The second-order valence-electron chi connectivity index (χ2n) is 5.29. The summed E-state index contributed by atoms with van der Waals surface area (Å²) < 4.78 is 26.4. The van der Waals surface area contributed by atoms with Gasteiger partial charge in [0, 0.05) is 43.4 Å². The Morgan fingerprint density at radius 1 is 1.48 bits per heavy atom. The number of hydrogen-bond donors (Lipinski definition) is 3. The number of amides is 1. The molecule has 0 aliphatic carbocycles. The van der Waals surface area contributed by atoms with Crippen molar-refractivity contribution in [1.29, 1.82) is 0 Å². The molecule has 23 heavy (non-hydrogen) atoms. The summed E-state index contributed by atoms with van der Waals surface area (Å²) in [5.41, 5.74) is 5.86. The maximum atomic E-state index is 12.5. The third kappa shape index (κ3) is 5.39. The van der Waals surface area contributed by atoms with Gasteiger partial charge in [-0.15, -0.1) is 12.4 Å². The van der Waals surface area contributed by atoms with Crippen molar-refractivity contribution in [3.8, 4) is 0 Å². The van der Waals surface area contributed by atoms with Crippen LogP contribution in [0.4, 0.5) is 0 Å². The molecule has 132 valence electrons. The molecule has 1 atom stereocenters. The highest BCUT2D eigenvalue weighted by Gasteiger charge is 2.27. The Labute approximate surface area is 147 Å². The first-order chi connectivity index (χ1) is 10.4. The fraction of sp³-hybridized carbons (Fsp3) is 0.615. The molecular weight excluding hydrogens is 360 g/mol. The number of aromatic nitrogens is 1. The van der Waals surface area contributed by atoms with Crippen molar-refractivity contribution in [3.63, 3.8) is 0 Å². The number of carbonyl (C=O) groups is 1. The highest BCUT2D eigenvalue weighted by atomic mass is 35.5.